The van der Waals surface area contributed by atoms with Gasteiger partial charge in [0, 0.05) is 24.2 Å². The highest BCUT2D eigenvalue weighted by atomic mass is 35.5. The first-order valence-electron chi connectivity index (χ1n) is 6.40. The van der Waals surface area contributed by atoms with Crippen LogP contribution >= 0.6 is 11.6 Å². The van der Waals surface area contributed by atoms with Gasteiger partial charge in [0.15, 0.2) is 4.90 Å². The van der Waals surface area contributed by atoms with Gasteiger partial charge < -0.3 is 5.11 Å². The third-order valence-corrected chi connectivity index (χ3v) is 5.70. The maximum absolute atomic E-state index is 12.6. The zero-order chi connectivity index (χ0) is 16.5. The monoisotopic (exact) mass is 348 g/mol. The van der Waals surface area contributed by atoms with Gasteiger partial charge in [-0.1, -0.05) is 11.6 Å². The molecule has 1 aromatic rings. The predicted molar refractivity (Wildman–Crippen MR) is 77.2 cm³/mol. The van der Waals surface area contributed by atoms with Crippen LogP contribution in [-0.2, 0) is 14.8 Å². The molecule has 0 atom stereocenters. The van der Waals surface area contributed by atoms with Crippen molar-refractivity contribution in [3.63, 3.8) is 0 Å². The van der Waals surface area contributed by atoms with Gasteiger partial charge in [0.05, 0.1) is 10.8 Å². The molecule has 0 radical (unpaired) electrons. The molecule has 0 spiro atoms. The average molecular weight is 349 g/mol. The number of nitro benzene ring substituents is 1. The van der Waals surface area contributed by atoms with Crippen LogP contribution in [0.2, 0.25) is 5.02 Å². The quantitative estimate of drug-likeness (QED) is 0.654. The standard InChI is InChI=1S/C12H13ClN2O6S/c13-9-1-2-10(15(18)19)11(7-9)22(20,21)14-5-3-8(4-6-14)12(16)17/h1-2,7-8H,3-6H2,(H,16,17). The zero-order valence-electron chi connectivity index (χ0n) is 11.3. The molecule has 0 aliphatic carbocycles. The molecule has 1 aromatic carbocycles. The lowest BCUT2D eigenvalue weighted by Crippen LogP contribution is -2.40. The van der Waals surface area contributed by atoms with Crippen LogP contribution in [0.25, 0.3) is 0 Å². The second kappa shape index (κ2) is 6.19. The van der Waals surface area contributed by atoms with Gasteiger partial charge in [0.1, 0.15) is 0 Å². The first-order chi connectivity index (χ1) is 10.2. The predicted octanol–water partition coefficient (Wildman–Crippen LogP) is 1.73. The SMILES string of the molecule is O=C(O)C1CCN(S(=O)(=O)c2cc(Cl)ccc2[N+](=O)[O-])CC1. The number of benzene rings is 1. The summed E-state index contributed by atoms with van der Waals surface area (Å²) in [5, 5.41) is 20.0. The maximum atomic E-state index is 12.6. The van der Waals surface area contributed by atoms with Crippen LogP contribution in [0.15, 0.2) is 23.1 Å². The molecule has 0 amide bonds. The minimum absolute atomic E-state index is 0.00294. The summed E-state index contributed by atoms with van der Waals surface area (Å²) in [5.74, 6) is -1.56. The molecule has 0 saturated carbocycles. The van der Waals surface area contributed by atoms with Gasteiger partial charge in [-0.15, -0.1) is 0 Å². The van der Waals surface area contributed by atoms with E-state index in [1.165, 1.54) is 6.07 Å². The molecule has 1 saturated heterocycles. The number of nitro groups is 1. The largest absolute Gasteiger partial charge is 0.481 e. The van der Waals surface area contributed by atoms with E-state index in [9.17, 15) is 23.3 Å². The molecule has 1 N–H and O–H groups in total. The molecule has 1 fully saturated rings. The van der Waals surface area contributed by atoms with Crippen LogP contribution in [0, 0.1) is 16.0 Å². The normalized spacial score (nSPS) is 17.3. The van der Waals surface area contributed by atoms with Crippen molar-refractivity contribution in [1.82, 2.24) is 4.31 Å². The molecular weight excluding hydrogens is 336 g/mol. The topological polar surface area (TPSA) is 118 Å². The lowest BCUT2D eigenvalue weighted by atomic mass is 9.99. The summed E-state index contributed by atoms with van der Waals surface area (Å²) in [6.07, 6.45) is 0.339. The fraction of sp³-hybridized carbons (Fsp3) is 0.417. The molecule has 1 aliphatic heterocycles. The summed E-state index contributed by atoms with van der Waals surface area (Å²) in [5.41, 5.74) is -0.551. The lowest BCUT2D eigenvalue weighted by Gasteiger charge is -2.29. The van der Waals surface area contributed by atoms with Gasteiger partial charge in [-0.25, -0.2) is 8.42 Å². The first-order valence-corrected chi connectivity index (χ1v) is 8.22. The van der Waals surface area contributed by atoms with E-state index in [1.807, 2.05) is 0 Å². The van der Waals surface area contributed by atoms with E-state index in [0.29, 0.717) is 0 Å². The third-order valence-electron chi connectivity index (χ3n) is 3.54. The van der Waals surface area contributed by atoms with Gasteiger partial charge in [0.2, 0.25) is 10.0 Å². The van der Waals surface area contributed by atoms with Gasteiger partial charge in [-0.2, -0.15) is 4.31 Å². The molecule has 120 valence electrons. The molecule has 22 heavy (non-hydrogen) atoms. The van der Waals surface area contributed by atoms with Crippen LogP contribution in [0.3, 0.4) is 0 Å². The molecule has 1 aliphatic rings. The summed E-state index contributed by atoms with van der Waals surface area (Å²) < 4.78 is 26.2. The Labute approximate surface area is 131 Å². The van der Waals surface area contributed by atoms with Crippen molar-refractivity contribution >= 4 is 33.3 Å². The molecule has 1 heterocycles. The van der Waals surface area contributed by atoms with Crippen molar-refractivity contribution in [2.24, 2.45) is 5.92 Å². The van der Waals surface area contributed by atoms with Gasteiger partial charge in [-0.05, 0) is 25.0 Å². The Kier molecular flexibility index (Phi) is 4.69. The Morgan fingerprint density at radius 2 is 1.95 bits per heavy atom. The summed E-state index contributed by atoms with van der Waals surface area (Å²) in [7, 11) is -4.10. The molecule has 0 aromatic heterocycles. The van der Waals surface area contributed by atoms with Crippen molar-refractivity contribution in [3.8, 4) is 0 Å². The number of rotatable bonds is 4. The van der Waals surface area contributed by atoms with Crippen molar-refractivity contribution in [2.75, 3.05) is 13.1 Å². The number of nitrogens with zero attached hydrogens (tertiary/aromatic N) is 2. The number of carboxylic acid groups (broad SMARTS) is 1. The molecule has 2 rings (SSSR count). The van der Waals surface area contributed by atoms with E-state index in [0.717, 1.165) is 16.4 Å². The second-order valence-corrected chi connectivity index (χ2v) is 7.23. The summed E-state index contributed by atoms with van der Waals surface area (Å²) in [6, 6.07) is 3.33. The number of hydrogen-bond acceptors (Lipinski definition) is 5. The Hall–Kier alpha value is -1.71. The molecule has 10 heteroatoms. The van der Waals surface area contributed by atoms with E-state index in [4.69, 9.17) is 16.7 Å². The number of halogens is 1. The van der Waals surface area contributed by atoms with Crippen LogP contribution in [0.4, 0.5) is 5.69 Å². The van der Waals surface area contributed by atoms with Crippen LogP contribution in [-0.4, -0.2) is 41.8 Å². The Bertz CT molecular complexity index is 712. The van der Waals surface area contributed by atoms with Crippen LogP contribution in [0.1, 0.15) is 12.8 Å². The number of carboxylic acids is 1. The fourth-order valence-corrected chi connectivity index (χ4v) is 4.22. The Morgan fingerprint density at radius 3 is 2.45 bits per heavy atom. The van der Waals surface area contributed by atoms with E-state index in [-0.39, 0.29) is 31.0 Å². The fourth-order valence-electron chi connectivity index (χ4n) is 2.33. The van der Waals surface area contributed by atoms with Crippen molar-refractivity contribution < 1.29 is 23.2 Å². The van der Waals surface area contributed by atoms with E-state index >= 15 is 0 Å². The van der Waals surface area contributed by atoms with Crippen LogP contribution < -0.4 is 0 Å². The summed E-state index contributed by atoms with van der Waals surface area (Å²) >= 11 is 5.75. The smallest absolute Gasteiger partial charge is 0.306 e. The maximum Gasteiger partial charge on any atom is 0.306 e. The Balaban J connectivity index is 2.34. The highest BCUT2D eigenvalue weighted by Gasteiger charge is 2.35. The number of carbonyl (C=O) groups is 1. The second-order valence-electron chi connectivity index (χ2n) is 4.89. The van der Waals surface area contributed by atoms with Crippen molar-refractivity contribution in [3.05, 3.63) is 33.3 Å². The van der Waals surface area contributed by atoms with E-state index in [1.54, 1.807) is 0 Å². The number of aliphatic carboxylic acids is 1. The van der Waals surface area contributed by atoms with Crippen molar-refractivity contribution in [1.29, 1.82) is 0 Å². The van der Waals surface area contributed by atoms with Crippen molar-refractivity contribution in [2.45, 2.75) is 17.7 Å². The van der Waals surface area contributed by atoms with Gasteiger partial charge in [-0.3, -0.25) is 14.9 Å². The molecule has 0 bridgehead atoms. The minimum atomic E-state index is -4.10. The number of piperidine rings is 1. The first kappa shape index (κ1) is 16.7. The highest BCUT2D eigenvalue weighted by molar-refractivity contribution is 7.89. The molecule has 0 unspecified atom stereocenters. The van der Waals surface area contributed by atoms with Gasteiger partial charge in [0.25, 0.3) is 5.69 Å². The third kappa shape index (κ3) is 3.21. The summed E-state index contributed by atoms with van der Waals surface area (Å²) in [6.45, 7) is 0.00589. The van der Waals surface area contributed by atoms with E-state index < -0.39 is 37.4 Å². The average Bonchev–Trinajstić information content (AvgIpc) is 2.46. The number of sulfonamides is 1. The van der Waals surface area contributed by atoms with Gasteiger partial charge >= 0.3 is 5.97 Å². The zero-order valence-corrected chi connectivity index (χ0v) is 12.9. The molecule has 8 nitrogen and oxygen atoms in total. The highest BCUT2D eigenvalue weighted by Crippen LogP contribution is 2.31. The molecular formula is C12H13ClN2O6S. The lowest BCUT2D eigenvalue weighted by molar-refractivity contribution is -0.387. The summed E-state index contributed by atoms with van der Waals surface area (Å²) in [4.78, 5) is 20.6. The van der Waals surface area contributed by atoms with E-state index in [2.05, 4.69) is 0 Å². The van der Waals surface area contributed by atoms with Crippen LogP contribution in [0.5, 0.6) is 0 Å². The Morgan fingerprint density at radius 1 is 1.36 bits per heavy atom. The number of hydrogen-bond donors (Lipinski definition) is 1. The minimum Gasteiger partial charge on any atom is -0.481 e.